The highest BCUT2D eigenvalue weighted by molar-refractivity contribution is 5.99. The number of pyridine rings is 1. The predicted octanol–water partition coefficient (Wildman–Crippen LogP) is 5.75. The number of carbonyl (C=O) groups excluding carboxylic acids is 1. The van der Waals surface area contributed by atoms with Gasteiger partial charge in [0.2, 0.25) is 0 Å². The Morgan fingerprint density at radius 1 is 1.04 bits per heavy atom. The first-order valence-corrected chi connectivity index (χ1v) is 9.13. The zero-order valence-electron chi connectivity index (χ0n) is 16.3. The summed E-state index contributed by atoms with van der Waals surface area (Å²) in [5.74, 6) is -0.285. The van der Waals surface area contributed by atoms with Crippen molar-refractivity contribution in [2.24, 2.45) is 5.41 Å². The molecular weight excluding hydrogens is 334 g/mol. The molecule has 27 heavy (non-hydrogen) atoms. The van der Waals surface area contributed by atoms with E-state index in [0.717, 1.165) is 27.5 Å². The van der Waals surface area contributed by atoms with E-state index in [1.54, 1.807) is 6.20 Å². The number of aromatic nitrogens is 1. The minimum absolute atomic E-state index is 0.267. The molecule has 0 fully saturated rings. The fourth-order valence-electron chi connectivity index (χ4n) is 3.29. The Labute approximate surface area is 160 Å². The van der Waals surface area contributed by atoms with Crippen LogP contribution in [0.1, 0.15) is 38.8 Å². The van der Waals surface area contributed by atoms with Crippen molar-refractivity contribution in [3.63, 3.8) is 0 Å². The van der Waals surface area contributed by atoms with Crippen LogP contribution in [0.4, 0.5) is 0 Å². The zero-order valence-corrected chi connectivity index (χ0v) is 16.3. The molecule has 3 nitrogen and oxygen atoms in total. The third-order valence-electron chi connectivity index (χ3n) is 4.46. The maximum Gasteiger partial charge on any atom is 0.303 e. The first-order chi connectivity index (χ1) is 12.9. The van der Waals surface area contributed by atoms with Gasteiger partial charge >= 0.3 is 5.97 Å². The van der Waals surface area contributed by atoms with E-state index in [-0.39, 0.29) is 17.5 Å². The molecule has 0 N–H and O–H groups in total. The standard InChI is InChI=1S/C24H25NO2/c1-17(26)27-23(24(2,3)4)22(15-18-9-8-14-25-16-18)21-13-7-11-19-10-5-6-12-20(19)21/h5-16,23H,1-4H3. The lowest BCUT2D eigenvalue weighted by Crippen LogP contribution is -2.32. The molecule has 1 heterocycles. The number of esters is 1. The zero-order chi connectivity index (χ0) is 19.4. The number of nitrogens with zero attached hydrogens (tertiary/aromatic N) is 1. The van der Waals surface area contributed by atoms with Crippen molar-refractivity contribution in [1.82, 2.24) is 4.98 Å². The molecule has 0 saturated carbocycles. The fraction of sp³-hybridized carbons (Fsp3) is 0.250. The quantitative estimate of drug-likeness (QED) is 0.557. The van der Waals surface area contributed by atoms with E-state index in [1.165, 1.54) is 6.92 Å². The van der Waals surface area contributed by atoms with Crippen molar-refractivity contribution in [2.75, 3.05) is 0 Å². The second-order valence-electron chi connectivity index (χ2n) is 7.77. The van der Waals surface area contributed by atoms with E-state index in [0.29, 0.717) is 0 Å². The van der Waals surface area contributed by atoms with Crippen LogP contribution in [0.5, 0.6) is 0 Å². The van der Waals surface area contributed by atoms with Crippen molar-refractivity contribution in [1.29, 1.82) is 0 Å². The van der Waals surface area contributed by atoms with E-state index < -0.39 is 0 Å². The van der Waals surface area contributed by atoms with E-state index in [9.17, 15) is 4.79 Å². The predicted molar refractivity (Wildman–Crippen MR) is 111 cm³/mol. The average Bonchev–Trinajstić information content (AvgIpc) is 2.64. The number of benzene rings is 2. The SMILES string of the molecule is CC(=O)OC(C(=Cc1cccnc1)c1cccc2ccccc12)C(C)(C)C. The molecular formula is C24H25NO2. The lowest BCUT2D eigenvalue weighted by Gasteiger charge is -2.33. The summed E-state index contributed by atoms with van der Waals surface area (Å²) in [6, 6.07) is 18.4. The molecule has 3 aromatic rings. The molecule has 0 bridgehead atoms. The molecule has 3 rings (SSSR count). The highest BCUT2D eigenvalue weighted by Crippen LogP contribution is 2.38. The van der Waals surface area contributed by atoms with Crippen LogP contribution in [0, 0.1) is 5.41 Å². The number of rotatable bonds is 4. The molecule has 1 aromatic heterocycles. The van der Waals surface area contributed by atoms with Crippen molar-refractivity contribution in [2.45, 2.75) is 33.8 Å². The van der Waals surface area contributed by atoms with Gasteiger partial charge in [0.1, 0.15) is 6.10 Å². The van der Waals surface area contributed by atoms with Gasteiger partial charge in [0, 0.05) is 30.3 Å². The van der Waals surface area contributed by atoms with Crippen LogP contribution in [0.2, 0.25) is 0 Å². The Morgan fingerprint density at radius 3 is 2.44 bits per heavy atom. The summed E-state index contributed by atoms with van der Waals surface area (Å²) in [6.45, 7) is 7.72. The van der Waals surface area contributed by atoms with E-state index in [2.05, 4.69) is 56.1 Å². The lowest BCUT2D eigenvalue weighted by atomic mass is 9.80. The van der Waals surface area contributed by atoms with E-state index in [1.807, 2.05) is 36.5 Å². The largest absolute Gasteiger partial charge is 0.457 e. The Balaban J connectivity index is 2.27. The summed E-state index contributed by atoms with van der Waals surface area (Å²) in [6.07, 6.45) is 5.26. The Morgan fingerprint density at radius 2 is 1.78 bits per heavy atom. The maximum atomic E-state index is 11.9. The Bertz CT molecular complexity index is 963. The summed E-state index contributed by atoms with van der Waals surface area (Å²) in [7, 11) is 0. The highest BCUT2D eigenvalue weighted by atomic mass is 16.5. The normalized spacial score (nSPS) is 13.4. The minimum atomic E-state index is -0.388. The average molecular weight is 359 g/mol. The number of hydrogen-bond acceptors (Lipinski definition) is 3. The summed E-state index contributed by atoms with van der Waals surface area (Å²) >= 11 is 0. The topological polar surface area (TPSA) is 39.2 Å². The first kappa shape index (κ1) is 18.8. The molecule has 1 atom stereocenters. The molecule has 0 amide bonds. The van der Waals surface area contributed by atoms with Gasteiger partial charge in [0.15, 0.2) is 0 Å². The number of fused-ring (bicyclic) bond motifs is 1. The lowest BCUT2D eigenvalue weighted by molar-refractivity contribution is -0.147. The molecule has 138 valence electrons. The van der Waals surface area contributed by atoms with Gasteiger partial charge in [-0.05, 0) is 34.0 Å². The third-order valence-corrected chi connectivity index (χ3v) is 4.46. The molecule has 0 saturated heterocycles. The molecule has 0 aliphatic heterocycles. The van der Waals surface area contributed by atoms with Crippen LogP contribution in [0.25, 0.3) is 22.4 Å². The van der Waals surface area contributed by atoms with Gasteiger partial charge in [-0.3, -0.25) is 9.78 Å². The fourth-order valence-corrected chi connectivity index (χ4v) is 3.29. The second kappa shape index (κ2) is 7.75. The van der Waals surface area contributed by atoms with Gasteiger partial charge in [0.05, 0.1) is 0 Å². The molecule has 3 heteroatoms. The van der Waals surface area contributed by atoms with Crippen LogP contribution in [-0.4, -0.2) is 17.1 Å². The summed E-state index contributed by atoms with van der Waals surface area (Å²) in [4.78, 5) is 16.1. The summed E-state index contributed by atoms with van der Waals surface area (Å²) in [5, 5.41) is 2.29. The third kappa shape index (κ3) is 4.43. The van der Waals surface area contributed by atoms with Crippen molar-refractivity contribution >= 4 is 28.4 Å². The van der Waals surface area contributed by atoms with Gasteiger partial charge in [-0.15, -0.1) is 0 Å². The van der Waals surface area contributed by atoms with Gasteiger partial charge in [-0.2, -0.15) is 0 Å². The number of hydrogen-bond donors (Lipinski definition) is 0. The summed E-state index contributed by atoms with van der Waals surface area (Å²) < 4.78 is 5.82. The van der Waals surface area contributed by atoms with Gasteiger partial charge in [-0.1, -0.05) is 69.3 Å². The van der Waals surface area contributed by atoms with Crippen LogP contribution in [0.15, 0.2) is 67.0 Å². The van der Waals surface area contributed by atoms with Crippen LogP contribution >= 0.6 is 0 Å². The number of carbonyl (C=O) groups is 1. The van der Waals surface area contributed by atoms with Gasteiger partial charge < -0.3 is 4.74 Å². The minimum Gasteiger partial charge on any atom is -0.457 e. The smallest absolute Gasteiger partial charge is 0.303 e. The number of ether oxygens (including phenoxy) is 1. The molecule has 2 aromatic carbocycles. The van der Waals surface area contributed by atoms with E-state index in [4.69, 9.17) is 4.74 Å². The monoisotopic (exact) mass is 359 g/mol. The molecule has 1 unspecified atom stereocenters. The summed E-state index contributed by atoms with van der Waals surface area (Å²) in [5.41, 5.74) is 2.75. The van der Waals surface area contributed by atoms with Gasteiger partial charge in [-0.25, -0.2) is 0 Å². The highest BCUT2D eigenvalue weighted by Gasteiger charge is 2.32. The Kier molecular flexibility index (Phi) is 5.41. The van der Waals surface area contributed by atoms with E-state index >= 15 is 0 Å². The van der Waals surface area contributed by atoms with Crippen LogP contribution in [0.3, 0.4) is 0 Å². The second-order valence-corrected chi connectivity index (χ2v) is 7.77. The van der Waals surface area contributed by atoms with Crippen molar-refractivity contribution in [3.8, 4) is 0 Å². The van der Waals surface area contributed by atoms with Crippen molar-refractivity contribution < 1.29 is 9.53 Å². The van der Waals surface area contributed by atoms with Gasteiger partial charge in [0.25, 0.3) is 0 Å². The molecule has 0 aliphatic carbocycles. The van der Waals surface area contributed by atoms with Crippen LogP contribution < -0.4 is 0 Å². The molecule has 0 aliphatic rings. The Hall–Kier alpha value is -2.94. The van der Waals surface area contributed by atoms with Crippen molar-refractivity contribution in [3.05, 3.63) is 78.1 Å². The maximum absolute atomic E-state index is 11.9. The first-order valence-electron chi connectivity index (χ1n) is 9.13. The molecule has 0 spiro atoms. The molecule has 0 radical (unpaired) electrons. The van der Waals surface area contributed by atoms with Crippen LogP contribution in [-0.2, 0) is 9.53 Å².